The molecule has 9 heteroatoms. The Bertz CT molecular complexity index is 1020. The van der Waals surface area contributed by atoms with Crippen LogP contribution in [-0.2, 0) is 4.74 Å². The number of fused-ring (bicyclic) bond motifs is 1. The van der Waals surface area contributed by atoms with Crippen LogP contribution in [0.1, 0.15) is 16.1 Å². The number of nitrogens with one attached hydrogen (secondary N) is 1. The molecule has 1 amide bonds. The van der Waals surface area contributed by atoms with Gasteiger partial charge in [0.2, 0.25) is 5.71 Å². The molecule has 9 nitrogen and oxygen atoms in total. The minimum Gasteiger partial charge on any atom is -0.497 e. The molecule has 1 N–H and O–H groups in total. The highest BCUT2D eigenvalue weighted by Crippen LogP contribution is 2.33. The second kappa shape index (κ2) is 7.96. The van der Waals surface area contributed by atoms with Gasteiger partial charge in [-0.25, -0.2) is 9.97 Å². The molecule has 1 saturated heterocycles. The Morgan fingerprint density at radius 3 is 2.45 bits per heavy atom. The summed E-state index contributed by atoms with van der Waals surface area (Å²) >= 11 is 0. The van der Waals surface area contributed by atoms with Crippen LogP contribution in [0, 0.1) is 6.92 Å². The van der Waals surface area contributed by atoms with E-state index in [9.17, 15) is 4.79 Å². The van der Waals surface area contributed by atoms with E-state index < -0.39 is 0 Å². The lowest BCUT2D eigenvalue weighted by Gasteiger charge is -2.28. The highest BCUT2D eigenvalue weighted by atomic mass is 16.5. The summed E-state index contributed by atoms with van der Waals surface area (Å²) in [5.41, 5.74) is 1.33. The van der Waals surface area contributed by atoms with E-state index in [1.54, 1.807) is 39.3 Å². The van der Waals surface area contributed by atoms with Gasteiger partial charge in [0.25, 0.3) is 5.91 Å². The highest BCUT2D eigenvalue weighted by molar-refractivity contribution is 6.15. The van der Waals surface area contributed by atoms with Crippen molar-refractivity contribution in [3.8, 4) is 11.5 Å². The number of nitrogens with zero attached hydrogens (tertiary/aromatic N) is 3. The van der Waals surface area contributed by atoms with Crippen molar-refractivity contribution in [2.75, 3.05) is 50.7 Å². The fourth-order valence-corrected chi connectivity index (χ4v) is 3.39. The number of aryl methyl sites for hydroxylation is 1. The molecule has 0 aliphatic carbocycles. The first kappa shape index (κ1) is 19.0. The minimum absolute atomic E-state index is 0.319. The Balaban J connectivity index is 1.73. The quantitative estimate of drug-likeness (QED) is 0.700. The standard InChI is InChI=1S/C20H22N4O5/c1-12-16(19(25)23-13-8-14(26-2)10-15(9-13)27-3)17-18(21-11-22-20(17)29-12)24-4-6-28-7-5-24/h8-11H,4-7H2,1-3H3,(H,23,25). The first-order valence-corrected chi connectivity index (χ1v) is 9.22. The van der Waals surface area contributed by atoms with Gasteiger partial charge in [-0.05, 0) is 6.92 Å². The Kier molecular flexibility index (Phi) is 5.22. The van der Waals surface area contributed by atoms with Crippen LogP contribution in [0.3, 0.4) is 0 Å². The number of anilines is 2. The second-order valence-electron chi connectivity index (χ2n) is 6.57. The van der Waals surface area contributed by atoms with E-state index in [4.69, 9.17) is 18.6 Å². The van der Waals surface area contributed by atoms with Crippen LogP contribution in [0.25, 0.3) is 11.1 Å². The van der Waals surface area contributed by atoms with Crippen molar-refractivity contribution in [1.82, 2.24) is 9.97 Å². The van der Waals surface area contributed by atoms with E-state index in [1.807, 2.05) is 0 Å². The molecule has 4 rings (SSSR count). The number of carbonyl (C=O) groups excluding carboxylic acids is 1. The van der Waals surface area contributed by atoms with Crippen molar-refractivity contribution in [1.29, 1.82) is 0 Å². The van der Waals surface area contributed by atoms with Gasteiger partial charge in [-0.1, -0.05) is 0 Å². The molecule has 1 fully saturated rings. The molecular weight excluding hydrogens is 376 g/mol. The number of hydrogen-bond acceptors (Lipinski definition) is 8. The van der Waals surface area contributed by atoms with E-state index in [0.717, 1.165) is 0 Å². The summed E-state index contributed by atoms with van der Waals surface area (Å²) < 4.78 is 21.7. The fraction of sp³-hybridized carbons (Fsp3) is 0.350. The molecule has 0 unspecified atom stereocenters. The van der Waals surface area contributed by atoms with Crippen LogP contribution in [0.2, 0.25) is 0 Å². The summed E-state index contributed by atoms with van der Waals surface area (Å²) in [5.74, 6) is 1.98. The summed E-state index contributed by atoms with van der Waals surface area (Å²) in [6, 6.07) is 5.17. The van der Waals surface area contributed by atoms with Crippen LogP contribution < -0.4 is 19.7 Å². The smallest absolute Gasteiger partial charge is 0.260 e. The number of methoxy groups -OCH3 is 2. The summed E-state index contributed by atoms with van der Waals surface area (Å²) in [6.07, 6.45) is 1.45. The zero-order chi connectivity index (χ0) is 20.4. The highest BCUT2D eigenvalue weighted by Gasteiger charge is 2.26. The maximum atomic E-state index is 13.2. The molecule has 2 aromatic heterocycles. The first-order valence-electron chi connectivity index (χ1n) is 9.22. The predicted molar refractivity (Wildman–Crippen MR) is 107 cm³/mol. The summed E-state index contributed by atoms with van der Waals surface area (Å²) in [4.78, 5) is 23.9. The third-order valence-corrected chi connectivity index (χ3v) is 4.79. The monoisotopic (exact) mass is 398 g/mol. The maximum Gasteiger partial charge on any atom is 0.260 e. The number of ether oxygens (including phenoxy) is 3. The summed E-state index contributed by atoms with van der Waals surface area (Å²) in [5, 5.41) is 3.50. The molecule has 0 bridgehead atoms. The lowest BCUT2D eigenvalue weighted by Crippen LogP contribution is -2.37. The van der Waals surface area contributed by atoms with Gasteiger partial charge in [0, 0.05) is 37.0 Å². The van der Waals surface area contributed by atoms with Crippen molar-refractivity contribution >= 4 is 28.5 Å². The van der Waals surface area contributed by atoms with E-state index >= 15 is 0 Å². The molecule has 0 saturated carbocycles. The Labute approximate surface area is 167 Å². The molecule has 29 heavy (non-hydrogen) atoms. The van der Waals surface area contributed by atoms with Gasteiger partial charge in [-0.2, -0.15) is 0 Å². The van der Waals surface area contributed by atoms with Crippen LogP contribution in [0.15, 0.2) is 28.9 Å². The normalized spacial score (nSPS) is 14.1. The maximum absolute atomic E-state index is 13.2. The first-order chi connectivity index (χ1) is 14.1. The van der Waals surface area contributed by atoms with E-state index in [0.29, 0.717) is 71.7 Å². The number of carbonyl (C=O) groups is 1. The SMILES string of the molecule is COc1cc(NC(=O)c2c(C)oc3ncnc(N4CCOCC4)c23)cc(OC)c1. The van der Waals surface area contributed by atoms with Gasteiger partial charge in [-0.15, -0.1) is 0 Å². The number of benzene rings is 1. The molecule has 3 heterocycles. The number of amides is 1. The van der Waals surface area contributed by atoms with Crippen LogP contribution in [0.4, 0.5) is 11.5 Å². The molecule has 0 atom stereocenters. The van der Waals surface area contributed by atoms with E-state index in [2.05, 4.69) is 20.2 Å². The zero-order valence-electron chi connectivity index (χ0n) is 16.5. The van der Waals surface area contributed by atoms with E-state index in [1.165, 1.54) is 6.33 Å². The van der Waals surface area contributed by atoms with Gasteiger partial charge < -0.3 is 28.8 Å². The number of rotatable bonds is 5. The molecule has 1 aliphatic heterocycles. The summed E-state index contributed by atoms with van der Waals surface area (Å²) in [6.45, 7) is 4.32. The fourth-order valence-electron chi connectivity index (χ4n) is 3.39. The molecule has 1 aliphatic rings. The van der Waals surface area contributed by atoms with Crippen molar-refractivity contribution in [3.05, 3.63) is 35.9 Å². The largest absolute Gasteiger partial charge is 0.497 e. The third-order valence-electron chi connectivity index (χ3n) is 4.79. The van der Waals surface area contributed by atoms with Gasteiger partial charge in [0.15, 0.2) is 0 Å². The molecular formula is C20H22N4O5. The Morgan fingerprint density at radius 1 is 1.10 bits per heavy atom. The number of hydrogen-bond donors (Lipinski definition) is 1. The zero-order valence-corrected chi connectivity index (χ0v) is 16.5. The average molecular weight is 398 g/mol. The second-order valence-corrected chi connectivity index (χ2v) is 6.57. The molecule has 0 radical (unpaired) electrons. The molecule has 0 spiro atoms. The van der Waals surface area contributed by atoms with Gasteiger partial charge in [-0.3, -0.25) is 4.79 Å². The number of furan rings is 1. The molecule has 3 aromatic rings. The van der Waals surface area contributed by atoms with Gasteiger partial charge in [0.05, 0.1) is 38.4 Å². The lowest BCUT2D eigenvalue weighted by atomic mass is 10.1. The van der Waals surface area contributed by atoms with Gasteiger partial charge >= 0.3 is 0 Å². The van der Waals surface area contributed by atoms with Crippen LogP contribution >= 0.6 is 0 Å². The summed E-state index contributed by atoms with van der Waals surface area (Å²) in [7, 11) is 3.11. The van der Waals surface area contributed by atoms with Crippen molar-refractivity contribution < 1.29 is 23.4 Å². The third kappa shape index (κ3) is 3.68. The average Bonchev–Trinajstić information content (AvgIpc) is 3.09. The van der Waals surface area contributed by atoms with Crippen LogP contribution in [0.5, 0.6) is 11.5 Å². The van der Waals surface area contributed by atoms with Gasteiger partial charge in [0.1, 0.15) is 29.4 Å². The lowest BCUT2D eigenvalue weighted by molar-refractivity contribution is 0.102. The molecule has 1 aromatic carbocycles. The topological polar surface area (TPSA) is 99.0 Å². The van der Waals surface area contributed by atoms with E-state index in [-0.39, 0.29) is 5.91 Å². The number of aromatic nitrogens is 2. The van der Waals surface area contributed by atoms with Crippen molar-refractivity contribution in [2.24, 2.45) is 0 Å². The number of morpholine rings is 1. The van der Waals surface area contributed by atoms with Crippen molar-refractivity contribution in [2.45, 2.75) is 6.92 Å². The van der Waals surface area contributed by atoms with Crippen LogP contribution in [-0.4, -0.2) is 56.4 Å². The van der Waals surface area contributed by atoms with Crippen molar-refractivity contribution in [3.63, 3.8) is 0 Å². The predicted octanol–water partition coefficient (Wildman–Crippen LogP) is 2.64. The Morgan fingerprint density at radius 2 is 1.79 bits per heavy atom. The minimum atomic E-state index is -0.319. The Hall–Kier alpha value is -3.33. The molecule has 152 valence electrons.